The second kappa shape index (κ2) is 18.3. The Morgan fingerprint density at radius 3 is 1.92 bits per heavy atom. The number of fused-ring (bicyclic) bond motifs is 4. The Balaban J connectivity index is 0.000000343. The number of para-hydroxylation sites is 2. The van der Waals surface area contributed by atoms with Crippen LogP contribution in [-0.4, -0.2) is 14.5 Å². The largest absolute Gasteiger partial charge is 0.501 e. The van der Waals surface area contributed by atoms with Gasteiger partial charge in [0.25, 0.3) is 0 Å². The zero-order valence-electron chi connectivity index (χ0n) is 37.2. The van der Waals surface area contributed by atoms with Gasteiger partial charge >= 0.3 is 0 Å². The van der Waals surface area contributed by atoms with Crippen LogP contribution in [0.2, 0.25) is 0 Å². The number of rotatable bonds is 7. The Morgan fingerprint density at radius 1 is 0.625 bits per heavy atom. The van der Waals surface area contributed by atoms with Crippen molar-refractivity contribution in [1.82, 2.24) is 14.5 Å². The summed E-state index contributed by atoms with van der Waals surface area (Å²) >= 11 is 0. The molecule has 0 bridgehead atoms. The molecule has 10 aromatic rings. The van der Waals surface area contributed by atoms with E-state index in [2.05, 4.69) is 185 Å². The van der Waals surface area contributed by atoms with E-state index in [-0.39, 0.29) is 43.2 Å². The van der Waals surface area contributed by atoms with E-state index in [1.807, 2.05) is 24.3 Å². The molecule has 0 unspecified atom stereocenters. The second-order valence-corrected chi connectivity index (χ2v) is 17.8. The van der Waals surface area contributed by atoms with E-state index < -0.39 is 0 Å². The van der Waals surface area contributed by atoms with Crippen molar-refractivity contribution in [2.24, 2.45) is 0 Å². The predicted molar refractivity (Wildman–Crippen MR) is 259 cm³/mol. The molecule has 64 heavy (non-hydrogen) atoms. The molecule has 0 aliphatic rings. The summed E-state index contributed by atoms with van der Waals surface area (Å²) in [6.07, 6.45) is 1.20. The van der Waals surface area contributed by atoms with Gasteiger partial charge in [-0.05, 0) is 98.3 Å². The standard InChI is InChI=1S/C47H43N2O.C11H7FN.Ir/c1-29(2)39-26-34(33-22-20-32(21-23-33)31-14-9-8-10-15-31)27-40(30(3)4)44(39)49-42-19-12-11-18-41(42)48-46(49)38-17-13-16-37-36-25-24-35(47(5,6)7)28-43(36)50-45(37)38;12-10-6-7-11(13-8-10)9-4-2-1-3-5-9;/h8-16,18-30H,1-7H3;1-4,6-8H;/q2*-1;. The fourth-order valence-corrected chi connectivity index (χ4v) is 8.35. The number of halogens is 1. The molecule has 6 heteroatoms. The van der Waals surface area contributed by atoms with Gasteiger partial charge in [0.05, 0.1) is 28.6 Å². The van der Waals surface area contributed by atoms with Crippen LogP contribution in [0.15, 0.2) is 168 Å². The van der Waals surface area contributed by atoms with Crippen molar-refractivity contribution in [3.8, 4) is 50.6 Å². The van der Waals surface area contributed by atoms with E-state index in [0.717, 1.165) is 55.6 Å². The molecule has 0 atom stereocenters. The van der Waals surface area contributed by atoms with Gasteiger partial charge in [-0.3, -0.25) is 4.98 Å². The van der Waals surface area contributed by atoms with E-state index in [1.54, 1.807) is 12.1 Å². The summed E-state index contributed by atoms with van der Waals surface area (Å²) in [4.78, 5) is 9.27. The molecule has 1 radical (unpaired) electrons. The first-order chi connectivity index (χ1) is 30.4. The molecule has 0 fully saturated rings. The van der Waals surface area contributed by atoms with Crippen LogP contribution in [-0.2, 0) is 25.5 Å². The summed E-state index contributed by atoms with van der Waals surface area (Å²) in [7, 11) is 0. The minimum absolute atomic E-state index is 0. The third kappa shape index (κ3) is 8.73. The van der Waals surface area contributed by atoms with Crippen molar-refractivity contribution in [3.63, 3.8) is 0 Å². The molecule has 4 nitrogen and oxygen atoms in total. The van der Waals surface area contributed by atoms with Crippen LogP contribution in [0.3, 0.4) is 0 Å². The maximum absolute atomic E-state index is 12.5. The number of pyridine rings is 1. The van der Waals surface area contributed by atoms with Gasteiger partial charge in [-0.1, -0.05) is 144 Å². The Kier molecular flexibility index (Phi) is 12.6. The molecule has 0 aliphatic carbocycles. The number of aromatic nitrogens is 3. The van der Waals surface area contributed by atoms with Crippen molar-refractivity contribution < 1.29 is 28.9 Å². The number of hydrogen-bond acceptors (Lipinski definition) is 3. The number of imidazole rings is 1. The fraction of sp³-hybridized carbons (Fsp3) is 0.172. The van der Waals surface area contributed by atoms with Crippen LogP contribution in [0.5, 0.6) is 0 Å². The average molecular weight is 1020 g/mol. The minimum Gasteiger partial charge on any atom is -0.501 e. The normalized spacial score (nSPS) is 11.6. The second-order valence-electron chi connectivity index (χ2n) is 17.8. The van der Waals surface area contributed by atoms with E-state index in [4.69, 9.17) is 9.40 Å². The van der Waals surface area contributed by atoms with Gasteiger partial charge < -0.3 is 14.0 Å². The van der Waals surface area contributed by atoms with Crippen LogP contribution >= 0.6 is 0 Å². The molecule has 0 amide bonds. The number of nitrogens with zero attached hydrogens (tertiary/aromatic N) is 3. The Labute approximate surface area is 389 Å². The van der Waals surface area contributed by atoms with Gasteiger partial charge in [0.2, 0.25) is 0 Å². The van der Waals surface area contributed by atoms with E-state index >= 15 is 0 Å². The predicted octanol–water partition coefficient (Wildman–Crippen LogP) is 16.0. The first kappa shape index (κ1) is 44.2. The van der Waals surface area contributed by atoms with E-state index in [1.165, 1.54) is 56.9 Å². The monoisotopic (exact) mass is 1020 g/mol. The molecule has 0 saturated carbocycles. The molecule has 0 N–H and O–H groups in total. The molecule has 10 rings (SSSR count). The van der Waals surface area contributed by atoms with Gasteiger partial charge in [-0.15, -0.1) is 54.1 Å². The topological polar surface area (TPSA) is 43.9 Å². The quantitative estimate of drug-likeness (QED) is 0.149. The first-order valence-electron chi connectivity index (χ1n) is 21.7. The fourth-order valence-electron chi connectivity index (χ4n) is 8.35. The summed E-state index contributed by atoms with van der Waals surface area (Å²) in [5.74, 6) is 1.05. The Morgan fingerprint density at radius 2 is 1.28 bits per heavy atom. The van der Waals surface area contributed by atoms with Crippen LogP contribution in [0.25, 0.3) is 83.6 Å². The molecule has 3 heterocycles. The minimum atomic E-state index is -0.320. The maximum atomic E-state index is 12.5. The third-order valence-corrected chi connectivity index (χ3v) is 11.8. The molecular weight excluding hydrogens is 966 g/mol. The zero-order chi connectivity index (χ0) is 43.8. The molecule has 3 aromatic heterocycles. The van der Waals surface area contributed by atoms with Crippen LogP contribution < -0.4 is 0 Å². The molecule has 0 aliphatic heterocycles. The Hall–Kier alpha value is -6.46. The molecule has 0 saturated heterocycles. The molecule has 321 valence electrons. The summed E-state index contributed by atoms with van der Waals surface area (Å²) in [6, 6.07) is 60.7. The van der Waals surface area contributed by atoms with Gasteiger partial charge in [-0.2, -0.15) is 0 Å². The van der Waals surface area contributed by atoms with Crippen molar-refractivity contribution in [3.05, 3.63) is 199 Å². The third-order valence-electron chi connectivity index (χ3n) is 11.8. The summed E-state index contributed by atoms with van der Waals surface area (Å²) in [6.45, 7) is 15.9. The molecule has 7 aromatic carbocycles. The number of benzene rings is 7. The van der Waals surface area contributed by atoms with Crippen molar-refractivity contribution in [1.29, 1.82) is 0 Å². The maximum Gasteiger partial charge on any atom is 0.139 e. The molecular formula is C58H50FIrN3O-2. The van der Waals surface area contributed by atoms with Crippen molar-refractivity contribution >= 4 is 33.0 Å². The van der Waals surface area contributed by atoms with Crippen molar-refractivity contribution in [2.75, 3.05) is 0 Å². The first-order valence-corrected chi connectivity index (χ1v) is 21.7. The summed E-state index contributed by atoms with van der Waals surface area (Å²) in [5, 5.41) is 2.19. The molecule has 0 spiro atoms. The van der Waals surface area contributed by atoms with E-state index in [0.29, 0.717) is 0 Å². The number of furan rings is 1. The summed E-state index contributed by atoms with van der Waals surface area (Å²) in [5.41, 5.74) is 16.1. The van der Waals surface area contributed by atoms with E-state index in [9.17, 15) is 4.39 Å². The van der Waals surface area contributed by atoms with Gasteiger partial charge in [-0.25, -0.2) is 4.39 Å². The van der Waals surface area contributed by atoms with Gasteiger partial charge in [0, 0.05) is 31.2 Å². The zero-order valence-corrected chi connectivity index (χ0v) is 39.6. The van der Waals surface area contributed by atoms with Crippen molar-refractivity contribution in [2.45, 2.75) is 65.7 Å². The average Bonchev–Trinajstić information content (AvgIpc) is 3.88. The van der Waals surface area contributed by atoms with Crippen LogP contribution in [0.1, 0.15) is 77.0 Å². The SMILES string of the molecule is CC(C)c1cc(-c2ccc(-c3ccccc3)cc2)cc(C(C)C)c1-n1c(-c2[c-]ccc3c2oc2cc(C(C)(C)C)ccc23)nc2ccccc21.Fc1ccc(-c2[c-]cccc2)nc1.[Ir]. The number of hydrogen-bond donors (Lipinski definition) is 0. The Bertz CT molecular complexity index is 3170. The van der Waals surface area contributed by atoms with Gasteiger partial charge in [0.15, 0.2) is 0 Å². The summed E-state index contributed by atoms with van der Waals surface area (Å²) < 4.78 is 21.7. The van der Waals surface area contributed by atoms with Gasteiger partial charge in [0.1, 0.15) is 11.4 Å². The van der Waals surface area contributed by atoms with Crippen LogP contribution in [0.4, 0.5) is 4.39 Å². The van der Waals surface area contributed by atoms with Crippen LogP contribution in [0, 0.1) is 17.9 Å². The smallest absolute Gasteiger partial charge is 0.139 e.